The van der Waals surface area contributed by atoms with Crippen molar-refractivity contribution in [2.24, 2.45) is 5.92 Å². The first-order valence-corrected chi connectivity index (χ1v) is 10.4. The first-order chi connectivity index (χ1) is 12.8. The Morgan fingerprint density at radius 3 is 2.44 bits per heavy atom. The molecule has 1 aliphatic rings. The average molecular weight is 409 g/mol. The number of methoxy groups -OCH3 is 1. The molecule has 1 aliphatic carbocycles. The summed E-state index contributed by atoms with van der Waals surface area (Å²) in [4.78, 5) is 12.3. The van der Waals surface area contributed by atoms with Gasteiger partial charge in [0, 0.05) is 17.3 Å². The average Bonchev–Trinajstić information content (AvgIpc) is 3.47. The van der Waals surface area contributed by atoms with Crippen LogP contribution < -0.4 is 14.8 Å². The van der Waals surface area contributed by atoms with E-state index in [9.17, 15) is 13.2 Å². The summed E-state index contributed by atoms with van der Waals surface area (Å²) in [6.45, 7) is 1.95. The van der Waals surface area contributed by atoms with Crippen LogP contribution in [-0.2, 0) is 10.0 Å². The van der Waals surface area contributed by atoms with E-state index in [2.05, 4.69) is 10.0 Å². The number of amides is 1. The Hall–Kier alpha value is -2.25. The molecule has 0 radical (unpaired) electrons. The van der Waals surface area contributed by atoms with Crippen molar-refractivity contribution in [1.82, 2.24) is 5.32 Å². The lowest BCUT2D eigenvalue weighted by Crippen LogP contribution is -2.34. The Morgan fingerprint density at radius 2 is 1.85 bits per heavy atom. The summed E-state index contributed by atoms with van der Waals surface area (Å²) < 4.78 is 33.0. The summed E-state index contributed by atoms with van der Waals surface area (Å²) in [6, 6.07) is 10.7. The number of hydrogen-bond acceptors (Lipinski definition) is 4. The number of carbonyl (C=O) groups is 1. The summed E-state index contributed by atoms with van der Waals surface area (Å²) in [6.07, 6.45) is 2.21. The summed E-state index contributed by atoms with van der Waals surface area (Å²) >= 11 is 6.09. The number of sulfonamides is 1. The van der Waals surface area contributed by atoms with Crippen LogP contribution in [0.1, 0.15) is 30.1 Å². The molecular formula is C19H21ClN2O4S. The molecule has 2 aromatic carbocycles. The second-order valence-electron chi connectivity index (χ2n) is 6.58. The zero-order chi connectivity index (χ0) is 19.6. The van der Waals surface area contributed by atoms with E-state index in [1.807, 2.05) is 6.92 Å². The molecule has 1 fully saturated rings. The SMILES string of the molecule is COc1ccc(NS(=O)(=O)c2cc(C(=O)N[C@@H](C)C3CC3)ccc2Cl)cc1. The molecule has 0 saturated heterocycles. The van der Waals surface area contributed by atoms with Crippen LogP contribution in [-0.4, -0.2) is 27.5 Å². The van der Waals surface area contributed by atoms with Crippen LogP contribution in [0, 0.1) is 5.92 Å². The molecule has 144 valence electrons. The third-order valence-electron chi connectivity index (χ3n) is 4.51. The molecule has 0 aliphatic heterocycles. The van der Waals surface area contributed by atoms with Gasteiger partial charge in [0.1, 0.15) is 10.6 Å². The minimum atomic E-state index is -3.95. The fourth-order valence-corrected chi connectivity index (χ4v) is 4.31. The van der Waals surface area contributed by atoms with Crippen molar-refractivity contribution in [3.05, 3.63) is 53.1 Å². The third-order valence-corrected chi connectivity index (χ3v) is 6.38. The highest BCUT2D eigenvalue weighted by Gasteiger charge is 2.29. The third kappa shape index (κ3) is 4.73. The van der Waals surface area contributed by atoms with E-state index in [0.29, 0.717) is 17.4 Å². The van der Waals surface area contributed by atoms with Gasteiger partial charge in [-0.1, -0.05) is 11.6 Å². The molecule has 8 heteroatoms. The number of anilines is 1. The number of benzene rings is 2. The van der Waals surface area contributed by atoms with Crippen molar-refractivity contribution in [2.45, 2.75) is 30.7 Å². The van der Waals surface area contributed by atoms with Gasteiger partial charge < -0.3 is 10.1 Å². The maximum atomic E-state index is 12.7. The van der Waals surface area contributed by atoms with Crippen molar-refractivity contribution in [1.29, 1.82) is 0 Å². The van der Waals surface area contributed by atoms with Crippen molar-refractivity contribution in [3.63, 3.8) is 0 Å². The first kappa shape index (κ1) is 19.5. The highest BCUT2D eigenvalue weighted by Crippen LogP contribution is 2.32. The summed E-state index contributed by atoms with van der Waals surface area (Å²) in [5, 5.41) is 2.95. The highest BCUT2D eigenvalue weighted by molar-refractivity contribution is 7.92. The smallest absolute Gasteiger partial charge is 0.263 e. The van der Waals surface area contributed by atoms with Crippen LogP contribution in [0.2, 0.25) is 5.02 Å². The topological polar surface area (TPSA) is 84.5 Å². The van der Waals surface area contributed by atoms with Crippen LogP contribution >= 0.6 is 11.6 Å². The molecule has 2 N–H and O–H groups in total. The Balaban J connectivity index is 1.81. The van der Waals surface area contributed by atoms with Gasteiger partial charge in [-0.3, -0.25) is 9.52 Å². The summed E-state index contributed by atoms with van der Waals surface area (Å²) in [5.74, 6) is 0.799. The van der Waals surface area contributed by atoms with Crippen molar-refractivity contribution in [3.8, 4) is 5.75 Å². The molecule has 1 saturated carbocycles. The van der Waals surface area contributed by atoms with Gasteiger partial charge in [-0.25, -0.2) is 8.42 Å². The van der Waals surface area contributed by atoms with Gasteiger partial charge in [0.15, 0.2) is 0 Å². The normalized spacial score (nSPS) is 15.1. The summed E-state index contributed by atoms with van der Waals surface area (Å²) in [7, 11) is -2.43. The number of ether oxygens (including phenoxy) is 1. The van der Waals surface area contributed by atoms with Gasteiger partial charge in [0.2, 0.25) is 0 Å². The van der Waals surface area contributed by atoms with Gasteiger partial charge in [-0.05, 0) is 68.1 Å². The van der Waals surface area contributed by atoms with Gasteiger partial charge in [0.25, 0.3) is 15.9 Å². The fourth-order valence-electron chi connectivity index (χ4n) is 2.72. The second kappa shape index (κ2) is 7.78. The predicted octanol–water partition coefficient (Wildman–Crippen LogP) is 3.68. The van der Waals surface area contributed by atoms with Crippen LogP contribution in [0.5, 0.6) is 5.75 Å². The number of carbonyl (C=O) groups excluding carboxylic acids is 1. The van der Waals surface area contributed by atoms with Gasteiger partial charge >= 0.3 is 0 Å². The minimum Gasteiger partial charge on any atom is -0.497 e. The Labute approximate surface area is 163 Å². The molecule has 2 aromatic rings. The molecule has 1 atom stereocenters. The van der Waals surface area contributed by atoms with E-state index in [-0.39, 0.29) is 27.4 Å². The van der Waals surface area contributed by atoms with E-state index in [4.69, 9.17) is 16.3 Å². The zero-order valence-corrected chi connectivity index (χ0v) is 16.6. The molecule has 0 aromatic heterocycles. The molecule has 0 bridgehead atoms. The van der Waals surface area contributed by atoms with Crippen molar-refractivity contribution in [2.75, 3.05) is 11.8 Å². The molecule has 6 nitrogen and oxygen atoms in total. The molecule has 1 amide bonds. The standard InChI is InChI=1S/C19H21ClN2O4S/c1-12(13-3-4-13)21-19(23)14-5-10-17(20)18(11-14)27(24,25)22-15-6-8-16(26-2)9-7-15/h5-13,22H,3-4H2,1-2H3,(H,21,23)/t12-/m0/s1. The number of rotatable bonds is 7. The Kier molecular flexibility index (Phi) is 5.62. The first-order valence-electron chi connectivity index (χ1n) is 8.57. The molecule has 0 unspecified atom stereocenters. The van der Waals surface area contributed by atoms with E-state index >= 15 is 0 Å². The lowest BCUT2D eigenvalue weighted by Gasteiger charge is -2.14. The van der Waals surface area contributed by atoms with Gasteiger partial charge in [-0.2, -0.15) is 0 Å². The Morgan fingerprint density at radius 1 is 1.19 bits per heavy atom. The maximum Gasteiger partial charge on any atom is 0.263 e. The number of halogens is 1. The van der Waals surface area contributed by atoms with Crippen LogP contribution in [0.25, 0.3) is 0 Å². The van der Waals surface area contributed by atoms with Crippen LogP contribution in [0.4, 0.5) is 5.69 Å². The van der Waals surface area contributed by atoms with E-state index in [0.717, 1.165) is 12.8 Å². The summed E-state index contributed by atoms with van der Waals surface area (Å²) in [5.41, 5.74) is 0.617. The van der Waals surface area contributed by atoms with Crippen molar-refractivity contribution < 1.29 is 17.9 Å². The second-order valence-corrected chi connectivity index (χ2v) is 8.64. The quantitative estimate of drug-likeness (QED) is 0.731. The zero-order valence-electron chi connectivity index (χ0n) is 15.0. The van der Waals surface area contributed by atoms with Crippen molar-refractivity contribution >= 4 is 33.2 Å². The van der Waals surface area contributed by atoms with E-state index in [1.54, 1.807) is 24.3 Å². The molecule has 3 rings (SSSR count). The van der Waals surface area contributed by atoms with E-state index in [1.165, 1.54) is 25.3 Å². The van der Waals surface area contributed by atoms with Gasteiger partial charge in [0.05, 0.1) is 12.1 Å². The lowest BCUT2D eigenvalue weighted by molar-refractivity contribution is 0.0935. The predicted molar refractivity (Wildman–Crippen MR) is 105 cm³/mol. The minimum absolute atomic E-state index is 0.0443. The largest absolute Gasteiger partial charge is 0.497 e. The molecule has 27 heavy (non-hydrogen) atoms. The molecule has 0 heterocycles. The number of nitrogens with one attached hydrogen (secondary N) is 2. The number of hydrogen-bond donors (Lipinski definition) is 2. The van der Waals surface area contributed by atoms with E-state index < -0.39 is 10.0 Å². The van der Waals surface area contributed by atoms with Gasteiger partial charge in [-0.15, -0.1) is 0 Å². The molecular weight excluding hydrogens is 388 g/mol. The lowest BCUT2D eigenvalue weighted by atomic mass is 10.1. The Bertz CT molecular complexity index is 941. The maximum absolute atomic E-state index is 12.7. The highest BCUT2D eigenvalue weighted by atomic mass is 35.5. The molecule has 0 spiro atoms. The van der Waals surface area contributed by atoms with Crippen LogP contribution in [0.15, 0.2) is 47.4 Å². The van der Waals surface area contributed by atoms with Crippen LogP contribution in [0.3, 0.4) is 0 Å². The monoisotopic (exact) mass is 408 g/mol. The fraction of sp³-hybridized carbons (Fsp3) is 0.316.